The van der Waals surface area contributed by atoms with Crippen LogP contribution in [-0.2, 0) is 49.5 Å². The highest BCUT2D eigenvalue weighted by molar-refractivity contribution is 7.89. The molecule has 3 aromatic carbocycles. The van der Waals surface area contributed by atoms with Gasteiger partial charge in [0.25, 0.3) is 10.2 Å². The number of nitrogens with zero attached hydrogens (tertiary/aromatic N) is 3. The van der Waals surface area contributed by atoms with Crippen LogP contribution in [0.4, 0.5) is 0 Å². The lowest BCUT2D eigenvalue weighted by molar-refractivity contribution is 0.496. The van der Waals surface area contributed by atoms with Gasteiger partial charge in [0, 0.05) is 46.8 Å². The Morgan fingerprint density at radius 3 is 1.62 bits per heavy atom. The van der Waals surface area contributed by atoms with Crippen LogP contribution in [0.25, 0.3) is 0 Å². The van der Waals surface area contributed by atoms with Crippen LogP contribution in [0.15, 0.2) is 103 Å². The Bertz CT molecular complexity index is 1630. The lowest BCUT2D eigenvalue weighted by atomic mass is 9.98. The van der Waals surface area contributed by atoms with Gasteiger partial charge in [-0.2, -0.15) is 21.8 Å². The maximum atomic E-state index is 12.6. The molecule has 0 spiro atoms. The van der Waals surface area contributed by atoms with Gasteiger partial charge in [0.05, 0.1) is 12.0 Å². The van der Waals surface area contributed by atoms with Gasteiger partial charge in [-0.25, -0.2) is 21.1 Å². The molecule has 4 rings (SSSR count). The Balaban J connectivity index is 0.000000425. The minimum atomic E-state index is -3.67. The molecule has 4 atom stereocenters. The Labute approximate surface area is 283 Å². The summed E-state index contributed by atoms with van der Waals surface area (Å²) in [5.74, 6) is -0.379. The number of benzene rings is 3. The van der Waals surface area contributed by atoms with Gasteiger partial charge in [0.1, 0.15) is 0 Å². The van der Waals surface area contributed by atoms with Crippen molar-refractivity contribution >= 4 is 30.3 Å². The molecule has 1 fully saturated rings. The van der Waals surface area contributed by atoms with E-state index in [1.165, 1.54) is 48.6 Å². The van der Waals surface area contributed by atoms with Gasteiger partial charge in [-0.1, -0.05) is 111 Å². The summed E-state index contributed by atoms with van der Waals surface area (Å²) in [5, 5.41) is 0. The third-order valence-corrected chi connectivity index (χ3v) is 12.2. The summed E-state index contributed by atoms with van der Waals surface area (Å²) in [7, 11) is -4.11. The summed E-state index contributed by atoms with van der Waals surface area (Å²) in [6.45, 7) is 0.674. The Kier molecular flexibility index (Phi) is 15.4. The van der Waals surface area contributed by atoms with Gasteiger partial charge >= 0.3 is 0 Å². The Morgan fingerprint density at radius 2 is 1.19 bits per heavy atom. The number of rotatable bonds is 15. The smallest absolute Gasteiger partial charge is 0.212 e. The zero-order valence-electron chi connectivity index (χ0n) is 27.1. The third-order valence-electron chi connectivity index (χ3n) is 7.42. The second kappa shape index (κ2) is 18.0. The number of sulfonamides is 2. The van der Waals surface area contributed by atoms with Crippen LogP contribution in [0.1, 0.15) is 24.1 Å². The van der Waals surface area contributed by atoms with E-state index in [-0.39, 0.29) is 25.1 Å². The molecule has 1 heterocycles. The van der Waals surface area contributed by atoms with Crippen molar-refractivity contribution < 1.29 is 25.3 Å². The van der Waals surface area contributed by atoms with Crippen LogP contribution < -0.4 is 4.72 Å². The molecule has 0 aliphatic carbocycles. The maximum Gasteiger partial charge on any atom is 0.279 e. The lowest BCUT2D eigenvalue weighted by Gasteiger charge is -2.21. The van der Waals surface area contributed by atoms with E-state index >= 15 is 0 Å². The van der Waals surface area contributed by atoms with E-state index in [2.05, 4.69) is 4.72 Å². The standard InChI is InChI=1S/C23H33N3O4S2.C10H13NO2S.CH4/c1-25(2)31(27,28)19-22(17-20-11-7-5-8-12-20)15-16-23(24-32(29,30)26(3)4)18-21-13-9-6-10-14-21;1-14(12,13)11-8-10(11)7-9-5-3-2-4-6-9;/h5-16,22-24H,17-19H2,1-4H3;2-6,10H,7-8H2,1H3;1H4/b16-15+;;/t22-,23-;10-,11?;/m10./s1. The highest BCUT2D eigenvalue weighted by atomic mass is 32.2. The molecule has 1 N–H and O–H groups in total. The van der Waals surface area contributed by atoms with E-state index in [9.17, 15) is 25.3 Å². The first-order chi connectivity index (χ1) is 21.6. The van der Waals surface area contributed by atoms with E-state index in [1.54, 1.807) is 6.08 Å². The molecular formula is C34H50N4O6S3. The molecule has 0 aromatic heterocycles. The third kappa shape index (κ3) is 14.0. The van der Waals surface area contributed by atoms with E-state index in [0.29, 0.717) is 19.4 Å². The average Bonchev–Trinajstić information content (AvgIpc) is 3.77. The Hall–Kier alpha value is -2.91. The normalized spacial score (nSPS) is 17.9. The topological polar surface area (TPSA) is 124 Å². The van der Waals surface area contributed by atoms with E-state index in [0.717, 1.165) is 21.9 Å². The monoisotopic (exact) mass is 706 g/mol. The van der Waals surface area contributed by atoms with Gasteiger partial charge in [-0.15, -0.1) is 0 Å². The van der Waals surface area contributed by atoms with Crippen LogP contribution in [0.5, 0.6) is 0 Å². The molecular weight excluding hydrogens is 657 g/mol. The molecule has 1 aliphatic heterocycles. The van der Waals surface area contributed by atoms with Gasteiger partial charge in [0.2, 0.25) is 20.0 Å². The first-order valence-electron chi connectivity index (χ1n) is 14.9. The second-order valence-corrected chi connectivity index (χ2v) is 17.9. The molecule has 3 aromatic rings. The summed E-state index contributed by atoms with van der Waals surface area (Å²) in [6.07, 6.45) is 6.66. The van der Waals surface area contributed by atoms with E-state index in [1.807, 2.05) is 97.1 Å². The van der Waals surface area contributed by atoms with Gasteiger partial charge < -0.3 is 0 Å². The highest BCUT2D eigenvalue weighted by Crippen LogP contribution is 2.25. The molecule has 10 nitrogen and oxygen atoms in total. The molecule has 0 saturated carbocycles. The summed E-state index contributed by atoms with van der Waals surface area (Å²) in [6, 6.07) is 28.9. The summed E-state index contributed by atoms with van der Waals surface area (Å²) >= 11 is 0. The lowest BCUT2D eigenvalue weighted by Crippen LogP contribution is -2.42. The fourth-order valence-electron chi connectivity index (χ4n) is 4.74. The van der Waals surface area contributed by atoms with E-state index in [4.69, 9.17) is 0 Å². The van der Waals surface area contributed by atoms with Crippen molar-refractivity contribution in [2.24, 2.45) is 5.92 Å². The van der Waals surface area contributed by atoms with Crippen molar-refractivity contribution in [1.82, 2.24) is 17.6 Å². The quantitative estimate of drug-likeness (QED) is 0.190. The second-order valence-electron chi connectivity index (χ2n) is 11.8. The van der Waals surface area contributed by atoms with Crippen molar-refractivity contribution in [3.63, 3.8) is 0 Å². The van der Waals surface area contributed by atoms with Crippen molar-refractivity contribution in [2.45, 2.75) is 38.8 Å². The predicted octanol–water partition coefficient (Wildman–Crippen LogP) is 3.81. The van der Waals surface area contributed by atoms with Crippen LogP contribution in [0, 0.1) is 5.92 Å². The molecule has 0 radical (unpaired) electrons. The van der Waals surface area contributed by atoms with Gasteiger partial charge in [-0.05, 0) is 41.9 Å². The maximum absolute atomic E-state index is 12.6. The van der Waals surface area contributed by atoms with Crippen molar-refractivity contribution in [2.75, 3.05) is 46.7 Å². The van der Waals surface area contributed by atoms with Crippen LogP contribution in [-0.4, -0.2) is 97.0 Å². The Morgan fingerprint density at radius 1 is 0.723 bits per heavy atom. The number of hydrogen-bond donors (Lipinski definition) is 1. The first kappa shape index (κ1) is 40.3. The summed E-state index contributed by atoms with van der Waals surface area (Å²) in [5.41, 5.74) is 3.19. The molecule has 1 saturated heterocycles. The average molecular weight is 707 g/mol. The molecule has 0 amide bonds. The zero-order chi connectivity index (χ0) is 34.0. The highest BCUT2D eigenvalue weighted by Gasteiger charge is 2.40. The van der Waals surface area contributed by atoms with Crippen LogP contribution in [0.3, 0.4) is 0 Å². The number of hydrogen-bond acceptors (Lipinski definition) is 6. The van der Waals surface area contributed by atoms with Crippen LogP contribution >= 0.6 is 0 Å². The van der Waals surface area contributed by atoms with Crippen molar-refractivity contribution in [3.8, 4) is 0 Å². The zero-order valence-corrected chi connectivity index (χ0v) is 29.5. The number of allylic oxidation sites excluding steroid dienone is 1. The van der Waals surface area contributed by atoms with Gasteiger partial charge in [0.15, 0.2) is 0 Å². The predicted molar refractivity (Wildman–Crippen MR) is 192 cm³/mol. The van der Waals surface area contributed by atoms with E-state index < -0.39 is 36.3 Å². The summed E-state index contributed by atoms with van der Waals surface area (Å²) in [4.78, 5) is 0. The van der Waals surface area contributed by atoms with Crippen LogP contribution in [0.2, 0.25) is 0 Å². The first-order valence-corrected chi connectivity index (χ1v) is 19.8. The fraction of sp³-hybridized carbons (Fsp3) is 0.412. The SMILES string of the molecule is C.CN(C)S(=O)(=O)C[C@H](/C=C/[C@H](Cc1ccccc1)NS(=O)(=O)N(C)C)Cc1ccccc1.CS(=O)(=O)N1C[C@@H]1Cc1ccccc1. The fourth-order valence-corrected chi connectivity index (χ4v) is 7.63. The summed E-state index contributed by atoms with van der Waals surface area (Å²) < 4.78 is 78.8. The number of nitrogens with one attached hydrogen (secondary N) is 1. The molecule has 47 heavy (non-hydrogen) atoms. The molecule has 1 aliphatic rings. The minimum Gasteiger partial charge on any atom is -0.212 e. The molecule has 1 unspecified atom stereocenters. The molecule has 260 valence electrons. The van der Waals surface area contributed by atoms with Gasteiger partial charge in [-0.3, -0.25) is 0 Å². The van der Waals surface area contributed by atoms with Crippen molar-refractivity contribution in [1.29, 1.82) is 0 Å². The minimum absolute atomic E-state index is 0. The largest absolute Gasteiger partial charge is 0.279 e. The van der Waals surface area contributed by atoms with Crippen molar-refractivity contribution in [3.05, 3.63) is 120 Å². The molecule has 0 bridgehead atoms. The molecule has 13 heteroatoms.